The molecule has 0 saturated carbocycles. The first-order valence-corrected chi connectivity index (χ1v) is 10.2. The van der Waals surface area contributed by atoms with Crippen LogP contribution in [-0.4, -0.2) is 53.1 Å². The van der Waals surface area contributed by atoms with Gasteiger partial charge in [-0.2, -0.15) is 0 Å². The Hall–Kier alpha value is -3.51. The molecule has 5 rings (SSSR count). The van der Waals surface area contributed by atoms with Crippen molar-refractivity contribution in [3.8, 4) is 11.1 Å². The highest BCUT2D eigenvalue weighted by Crippen LogP contribution is 2.28. The summed E-state index contributed by atoms with van der Waals surface area (Å²) in [6.07, 6.45) is 5.51. The van der Waals surface area contributed by atoms with Crippen LogP contribution in [0.15, 0.2) is 73.2 Å². The van der Waals surface area contributed by atoms with Gasteiger partial charge in [-0.15, -0.1) is 0 Å². The summed E-state index contributed by atoms with van der Waals surface area (Å²) in [6, 6.07) is 18.6. The third-order valence-electron chi connectivity index (χ3n) is 5.58. The third-order valence-corrected chi connectivity index (χ3v) is 5.58. The van der Waals surface area contributed by atoms with Gasteiger partial charge in [0.25, 0.3) is 0 Å². The highest BCUT2D eigenvalue weighted by Gasteiger charge is 2.14. The summed E-state index contributed by atoms with van der Waals surface area (Å²) in [5.74, 6) is 0.589. The summed E-state index contributed by atoms with van der Waals surface area (Å²) >= 11 is 0. The van der Waals surface area contributed by atoms with E-state index < -0.39 is 0 Å². The van der Waals surface area contributed by atoms with Crippen LogP contribution in [0.1, 0.15) is 0 Å². The number of piperazine rings is 1. The number of pyridine rings is 1. The molecule has 150 valence electrons. The lowest BCUT2D eigenvalue weighted by Crippen LogP contribution is -2.44. The predicted octanol–water partition coefficient (Wildman–Crippen LogP) is 4.19. The molecule has 3 heterocycles. The average molecular weight is 396 g/mol. The van der Waals surface area contributed by atoms with Crippen LogP contribution in [0, 0.1) is 0 Å². The molecule has 2 aromatic carbocycles. The van der Waals surface area contributed by atoms with E-state index in [1.54, 1.807) is 6.20 Å². The van der Waals surface area contributed by atoms with E-state index in [1.807, 2.05) is 36.7 Å². The van der Waals surface area contributed by atoms with E-state index in [-0.39, 0.29) is 0 Å². The Morgan fingerprint density at radius 1 is 0.867 bits per heavy atom. The molecule has 6 heteroatoms. The summed E-state index contributed by atoms with van der Waals surface area (Å²) in [7, 11) is 2.17. The first-order valence-electron chi connectivity index (χ1n) is 10.2. The molecule has 0 amide bonds. The SMILES string of the molecule is CN1CCN(c2ccc(Nc3ncc4cccc(-c5cccnc5)c4n3)cc2)CC1. The van der Waals surface area contributed by atoms with E-state index in [0.29, 0.717) is 5.95 Å². The lowest BCUT2D eigenvalue weighted by atomic mass is 10.0. The fourth-order valence-electron chi connectivity index (χ4n) is 3.82. The number of rotatable bonds is 4. The number of fused-ring (bicyclic) bond motifs is 1. The molecule has 1 aliphatic heterocycles. The molecule has 1 fully saturated rings. The van der Waals surface area contributed by atoms with Crippen molar-refractivity contribution in [1.29, 1.82) is 0 Å². The summed E-state index contributed by atoms with van der Waals surface area (Å²) in [5.41, 5.74) is 5.25. The maximum absolute atomic E-state index is 4.80. The minimum Gasteiger partial charge on any atom is -0.369 e. The normalized spacial score (nSPS) is 14.8. The molecule has 2 aromatic heterocycles. The zero-order chi connectivity index (χ0) is 20.3. The molecule has 0 aliphatic carbocycles. The van der Waals surface area contributed by atoms with Gasteiger partial charge >= 0.3 is 0 Å². The highest BCUT2D eigenvalue weighted by atomic mass is 15.2. The van der Waals surface area contributed by atoms with E-state index in [0.717, 1.165) is 53.9 Å². The number of para-hydroxylation sites is 1. The van der Waals surface area contributed by atoms with Crippen LogP contribution in [0.4, 0.5) is 17.3 Å². The van der Waals surface area contributed by atoms with Crippen molar-refractivity contribution < 1.29 is 0 Å². The van der Waals surface area contributed by atoms with Crippen LogP contribution in [0.25, 0.3) is 22.0 Å². The number of aromatic nitrogens is 3. The monoisotopic (exact) mass is 396 g/mol. The third kappa shape index (κ3) is 3.82. The van der Waals surface area contributed by atoms with Gasteiger partial charge in [0.05, 0.1) is 5.52 Å². The molecule has 0 atom stereocenters. The van der Waals surface area contributed by atoms with E-state index >= 15 is 0 Å². The molecule has 6 nitrogen and oxygen atoms in total. The van der Waals surface area contributed by atoms with Crippen molar-refractivity contribution >= 4 is 28.2 Å². The van der Waals surface area contributed by atoms with Crippen LogP contribution in [-0.2, 0) is 0 Å². The van der Waals surface area contributed by atoms with Crippen LogP contribution < -0.4 is 10.2 Å². The van der Waals surface area contributed by atoms with E-state index in [2.05, 4.69) is 62.5 Å². The van der Waals surface area contributed by atoms with Gasteiger partial charge in [0, 0.05) is 72.7 Å². The largest absolute Gasteiger partial charge is 0.369 e. The second-order valence-electron chi connectivity index (χ2n) is 7.64. The van der Waals surface area contributed by atoms with Gasteiger partial charge in [0.15, 0.2) is 0 Å². The summed E-state index contributed by atoms with van der Waals surface area (Å²) in [6.45, 7) is 4.33. The van der Waals surface area contributed by atoms with Crippen LogP contribution in [0.2, 0.25) is 0 Å². The van der Waals surface area contributed by atoms with Gasteiger partial charge < -0.3 is 15.1 Å². The number of nitrogens with zero attached hydrogens (tertiary/aromatic N) is 5. The number of benzene rings is 2. The number of hydrogen-bond donors (Lipinski definition) is 1. The topological polar surface area (TPSA) is 57.2 Å². The molecule has 0 spiro atoms. The minimum atomic E-state index is 0.589. The van der Waals surface area contributed by atoms with Gasteiger partial charge in [-0.25, -0.2) is 9.97 Å². The Kier molecular flexibility index (Phi) is 4.99. The van der Waals surface area contributed by atoms with Crippen molar-refractivity contribution in [2.24, 2.45) is 0 Å². The molecule has 0 bridgehead atoms. The smallest absolute Gasteiger partial charge is 0.227 e. The zero-order valence-corrected chi connectivity index (χ0v) is 17.0. The Morgan fingerprint density at radius 2 is 1.70 bits per heavy atom. The van der Waals surface area contributed by atoms with Crippen molar-refractivity contribution in [3.63, 3.8) is 0 Å². The van der Waals surface area contributed by atoms with E-state index in [4.69, 9.17) is 4.98 Å². The molecule has 4 aromatic rings. The predicted molar refractivity (Wildman–Crippen MR) is 122 cm³/mol. The first kappa shape index (κ1) is 18.5. The fraction of sp³-hybridized carbons (Fsp3) is 0.208. The quantitative estimate of drug-likeness (QED) is 0.558. The zero-order valence-electron chi connectivity index (χ0n) is 17.0. The molecule has 1 saturated heterocycles. The van der Waals surface area contributed by atoms with Crippen LogP contribution in [0.5, 0.6) is 0 Å². The molecular weight excluding hydrogens is 372 g/mol. The Balaban J connectivity index is 1.39. The second kappa shape index (κ2) is 8.08. The number of anilines is 3. The van der Waals surface area contributed by atoms with Crippen LogP contribution in [0.3, 0.4) is 0 Å². The van der Waals surface area contributed by atoms with Gasteiger partial charge in [-0.05, 0) is 37.4 Å². The second-order valence-corrected chi connectivity index (χ2v) is 7.64. The number of likely N-dealkylation sites (N-methyl/N-ethyl adjacent to an activating group) is 1. The number of nitrogens with one attached hydrogen (secondary N) is 1. The maximum Gasteiger partial charge on any atom is 0.227 e. The molecule has 1 aliphatic rings. The van der Waals surface area contributed by atoms with Crippen molar-refractivity contribution in [2.45, 2.75) is 0 Å². The Bertz CT molecular complexity index is 1140. The van der Waals surface area contributed by atoms with Crippen LogP contribution >= 0.6 is 0 Å². The van der Waals surface area contributed by atoms with Gasteiger partial charge in [-0.3, -0.25) is 4.98 Å². The molecule has 0 unspecified atom stereocenters. The summed E-state index contributed by atoms with van der Waals surface area (Å²) in [4.78, 5) is 18.3. The molecular formula is C24H24N6. The minimum absolute atomic E-state index is 0.589. The Labute approximate surface area is 176 Å². The van der Waals surface area contributed by atoms with Gasteiger partial charge in [0.1, 0.15) is 0 Å². The average Bonchev–Trinajstić information content (AvgIpc) is 2.80. The fourth-order valence-corrected chi connectivity index (χ4v) is 3.82. The van der Waals surface area contributed by atoms with Gasteiger partial charge in [0.2, 0.25) is 5.95 Å². The van der Waals surface area contributed by atoms with Crippen molar-refractivity contribution in [3.05, 3.63) is 73.2 Å². The first-order chi connectivity index (χ1) is 14.8. The Morgan fingerprint density at radius 3 is 2.47 bits per heavy atom. The van der Waals surface area contributed by atoms with Gasteiger partial charge in [-0.1, -0.05) is 24.3 Å². The summed E-state index contributed by atoms with van der Waals surface area (Å²) < 4.78 is 0. The molecule has 0 radical (unpaired) electrons. The highest BCUT2D eigenvalue weighted by molar-refractivity contribution is 5.93. The lowest BCUT2D eigenvalue weighted by Gasteiger charge is -2.34. The number of hydrogen-bond acceptors (Lipinski definition) is 6. The standard InChI is InChI=1S/C24H24N6/c1-29-12-14-30(15-13-29)21-9-7-20(8-10-21)27-24-26-17-19-4-2-6-22(23(19)28-24)18-5-3-11-25-16-18/h2-11,16-17H,12-15H2,1H3,(H,26,27,28). The van der Waals surface area contributed by atoms with Crippen molar-refractivity contribution in [1.82, 2.24) is 19.9 Å². The van der Waals surface area contributed by atoms with Crippen molar-refractivity contribution in [2.75, 3.05) is 43.4 Å². The molecule has 1 N–H and O–H groups in total. The van der Waals surface area contributed by atoms with E-state index in [9.17, 15) is 0 Å². The lowest BCUT2D eigenvalue weighted by molar-refractivity contribution is 0.313. The molecule has 30 heavy (non-hydrogen) atoms. The summed E-state index contributed by atoms with van der Waals surface area (Å²) in [5, 5.41) is 4.35. The van der Waals surface area contributed by atoms with E-state index in [1.165, 1.54) is 5.69 Å². The maximum atomic E-state index is 4.80.